The molecule has 0 saturated carbocycles. The number of hydrogen-bond donors (Lipinski definition) is 1. The Morgan fingerprint density at radius 3 is 2.91 bits per heavy atom. The average molecular weight is 298 g/mol. The highest BCUT2D eigenvalue weighted by Gasteiger charge is 2.19. The molecular formula is C17H18N2O3. The van der Waals surface area contributed by atoms with Crippen LogP contribution in [0.5, 0.6) is 5.75 Å². The van der Waals surface area contributed by atoms with Crippen molar-refractivity contribution < 1.29 is 14.6 Å². The SMILES string of the molecule is O=C(O)CN(Cc1ccccn1)Cc1cccc2c1OCC2. The van der Waals surface area contributed by atoms with Crippen LogP contribution >= 0.6 is 0 Å². The Bertz CT molecular complexity index is 658. The van der Waals surface area contributed by atoms with Gasteiger partial charge in [-0.25, -0.2) is 0 Å². The quantitative estimate of drug-likeness (QED) is 0.885. The van der Waals surface area contributed by atoms with Crippen molar-refractivity contribution in [2.24, 2.45) is 0 Å². The van der Waals surface area contributed by atoms with Crippen molar-refractivity contribution in [3.05, 3.63) is 59.4 Å². The molecular weight excluding hydrogens is 280 g/mol. The zero-order valence-electron chi connectivity index (χ0n) is 12.2. The molecule has 1 aromatic carbocycles. The van der Waals surface area contributed by atoms with E-state index in [9.17, 15) is 4.79 Å². The number of carboxylic acid groups (broad SMARTS) is 1. The number of carboxylic acids is 1. The van der Waals surface area contributed by atoms with Crippen molar-refractivity contribution >= 4 is 5.97 Å². The van der Waals surface area contributed by atoms with E-state index in [4.69, 9.17) is 9.84 Å². The maximum atomic E-state index is 11.1. The standard InChI is InChI=1S/C17H18N2O3/c20-16(21)12-19(11-15-6-1-2-8-18-15)10-14-5-3-4-13-7-9-22-17(13)14/h1-6,8H,7,9-12H2,(H,20,21). The van der Waals surface area contributed by atoms with Crippen molar-refractivity contribution in [2.75, 3.05) is 13.2 Å². The number of hydrogen-bond acceptors (Lipinski definition) is 4. The highest BCUT2D eigenvalue weighted by Crippen LogP contribution is 2.30. The summed E-state index contributed by atoms with van der Waals surface area (Å²) in [4.78, 5) is 17.3. The fourth-order valence-electron chi connectivity index (χ4n) is 2.73. The summed E-state index contributed by atoms with van der Waals surface area (Å²) in [7, 11) is 0. The van der Waals surface area contributed by atoms with Gasteiger partial charge in [-0.05, 0) is 17.7 Å². The molecule has 1 aliphatic heterocycles. The molecule has 0 radical (unpaired) electrons. The van der Waals surface area contributed by atoms with Crippen LogP contribution in [-0.4, -0.2) is 34.1 Å². The van der Waals surface area contributed by atoms with Crippen LogP contribution < -0.4 is 4.74 Å². The lowest BCUT2D eigenvalue weighted by molar-refractivity contribution is -0.138. The molecule has 0 aliphatic carbocycles. The van der Waals surface area contributed by atoms with Gasteiger partial charge in [0.05, 0.1) is 18.8 Å². The first kappa shape index (κ1) is 14.5. The van der Waals surface area contributed by atoms with Crippen LogP contribution in [-0.2, 0) is 24.3 Å². The maximum Gasteiger partial charge on any atom is 0.317 e. The normalized spacial score (nSPS) is 13.0. The summed E-state index contributed by atoms with van der Waals surface area (Å²) in [6, 6.07) is 11.7. The van der Waals surface area contributed by atoms with Crippen LogP contribution in [0.15, 0.2) is 42.6 Å². The van der Waals surface area contributed by atoms with E-state index < -0.39 is 5.97 Å². The Morgan fingerprint density at radius 2 is 2.14 bits per heavy atom. The monoisotopic (exact) mass is 298 g/mol. The second kappa shape index (κ2) is 6.58. The highest BCUT2D eigenvalue weighted by molar-refractivity contribution is 5.69. The number of rotatable bonds is 6. The molecule has 0 amide bonds. The zero-order valence-corrected chi connectivity index (χ0v) is 12.2. The molecule has 5 nitrogen and oxygen atoms in total. The lowest BCUT2D eigenvalue weighted by atomic mass is 10.1. The predicted octanol–water partition coefficient (Wildman–Crippen LogP) is 2.10. The summed E-state index contributed by atoms with van der Waals surface area (Å²) in [5.74, 6) is 0.0725. The molecule has 0 fully saturated rings. The Morgan fingerprint density at radius 1 is 1.23 bits per heavy atom. The summed E-state index contributed by atoms with van der Waals surface area (Å²) >= 11 is 0. The van der Waals surface area contributed by atoms with Gasteiger partial charge in [0.15, 0.2) is 0 Å². The smallest absolute Gasteiger partial charge is 0.317 e. The molecule has 5 heteroatoms. The van der Waals surface area contributed by atoms with Crippen LogP contribution in [0, 0.1) is 0 Å². The molecule has 0 spiro atoms. The summed E-state index contributed by atoms with van der Waals surface area (Å²) in [5, 5.41) is 9.14. The number of aliphatic carboxylic acids is 1. The molecule has 22 heavy (non-hydrogen) atoms. The Kier molecular flexibility index (Phi) is 4.34. The van der Waals surface area contributed by atoms with Gasteiger partial charge in [0.2, 0.25) is 0 Å². The summed E-state index contributed by atoms with van der Waals surface area (Å²) in [6.45, 7) is 1.70. The third kappa shape index (κ3) is 3.43. The fraction of sp³-hybridized carbons (Fsp3) is 0.294. The van der Waals surface area contributed by atoms with E-state index in [-0.39, 0.29) is 6.54 Å². The predicted molar refractivity (Wildman–Crippen MR) is 81.6 cm³/mol. The van der Waals surface area contributed by atoms with E-state index >= 15 is 0 Å². The van der Waals surface area contributed by atoms with Gasteiger partial charge < -0.3 is 9.84 Å². The molecule has 2 heterocycles. The van der Waals surface area contributed by atoms with Gasteiger partial charge in [-0.1, -0.05) is 24.3 Å². The van der Waals surface area contributed by atoms with Crippen LogP contribution in [0.25, 0.3) is 0 Å². The first-order valence-electron chi connectivity index (χ1n) is 7.30. The number of pyridine rings is 1. The number of carbonyl (C=O) groups is 1. The molecule has 0 unspecified atom stereocenters. The van der Waals surface area contributed by atoms with Gasteiger partial charge in [0, 0.05) is 31.3 Å². The third-order valence-corrected chi connectivity index (χ3v) is 3.66. The minimum absolute atomic E-state index is 0.0275. The summed E-state index contributed by atoms with van der Waals surface area (Å²) < 4.78 is 5.70. The van der Waals surface area contributed by atoms with E-state index in [1.807, 2.05) is 35.2 Å². The van der Waals surface area contributed by atoms with Crippen LogP contribution in [0.3, 0.4) is 0 Å². The zero-order chi connectivity index (χ0) is 15.4. The molecule has 0 atom stereocenters. The van der Waals surface area contributed by atoms with E-state index in [1.54, 1.807) is 6.20 Å². The highest BCUT2D eigenvalue weighted by atomic mass is 16.5. The van der Waals surface area contributed by atoms with Crippen molar-refractivity contribution in [3.8, 4) is 5.75 Å². The second-order valence-corrected chi connectivity index (χ2v) is 5.36. The second-order valence-electron chi connectivity index (χ2n) is 5.36. The number of fused-ring (bicyclic) bond motifs is 1. The number of para-hydroxylation sites is 1. The fourth-order valence-corrected chi connectivity index (χ4v) is 2.73. The van der Waals surface area contributed by atoms with Crippen LogP contribution in [0.1, 0.15) is 16.8 Å². The minimum atomic E-state index is -0.843. The molecule has 3 rings (SSSR count). The topological polar surface area (TPSA) is 62.7 Å². The largest absolute Gasteiger partial charge is 0.493 e. The van der Waals surface area contributed by atoms with Crippen LogP contribution in [0.2, 0.25) is 0 Å². The molecule has 0 bridgehead atoms. The summed E-state index contributed by atoms with van der Waals surface area (Å²) in [5.41, 5.74) is 3.09. The van der Waals surface area contributed by atoms with Crippen molar-refractivity contribution in [1.82, 2.24) is 9.88 Å². The van der Waals surface area contributed by atoms with Crippen molar-refractivity contribution in [1.29, 1.82) is 0 Å². The molecule has 114 valence electrons. The van der Waals surface area contributed by atoms with Gasteiger partial charge in [-0.3, -0.25) is 14.7 Å². The first-order chi connectivity index (χ1) is 10.7. The molecule has 0 saturated heterocycles. The molecule has 1 aliphatic rings. The van der Waals surface area contributed by atoms with E-state index in [0.717, 1.165) is 23.4 Å². The molecule has 1 aromatic heterocycles. The van der Waals surface area contributed by atoms with Crippen LogP contribution in [0.4, 0.5) is 0 Å². The summed E-state index contributed by atoms with van der Waals surface area (Å²) in [6.07, 6.45) is 2.64. The van der Waals surface area contributed by atoms with Gasteiger partial charge in [0.25, 0.3) is 0 Å². The molecule has 2 aromatic rings. The third-order valence-electron chi connectivity index (χ3n) is 3.66. The van der Waals surface area contributed by atoms with E-state index in [1.165, 1.54) is 5.56 Å². The maximum absolute atomic E-state index is 11.1. The average Bonchev–Trinajstić information content (AvgIpc) is 2.97. The molecule has 1 N–H and O–H groups in total. The van der Waals surface area contributed by atoms with Gasteiger partial charge in [0.1, 0.15) is 5.75 Å². The van der Waals surface area contributed by atoms with Gasteiger partial charge >= 0.3 is 5.97 Å². The Labute approximate surface area is 129 Å². The lowest BCUT2D eigenvalue weighted by Gasteiger charge is -2.21. The lowest BCUT2D eigenvalue weighted by Crippen LogP contribution is -2.29. The van der Waals surface area contributed by atoms with Gasteiger partial charge in [-0.2, -0.15) is 0 Å². The van der Waals surface area contributed by atoms with Crippen molar-refractivity contribution in [3.63, 3.8) is 0 Å². The number of aromatic nitrogens is 1. The van der Waals surface area contributed by atoms with E-state index in [0.29, 0.717) is 19.7 Å². The van der Waals surface area contributed by atoms with Crippen molar-refractivity contribution in [2.45, 2.75) is 19.5 Å². The van der Waals surface area contributed by atoms with Gasteiger partial charge in [-0.15, -0.1) is 0 Å². The number of nitrogens with zero attached hydrogens (tertiary/aromatic N) is 2. The minimum Gasteiger partial charge on any atom is -0.493 e. The first-order valence-corrected chi connectivity index (χ1v) is 7.30. The Balaban J connectivity index is 1.78. The number of benzene rings is 1. The Hall–Kier alpha value is -2.40. The number of ether oxygens (including phenoxy) is 1. The van der Waals surface area contributed by atoms with E-state index in [2.05, 4.69) is 11.1 Å².